The first-order chi connectivity index (χ1) is 12.1. The van der Waals surface area contributed by atoms with Crippen molar-refractivity contribution in [2.45, 2.75) is 43.8 Å². The Labute approximate surface area is 157 Å². The maximum absolute atomic E-state index is 13.1. The van der Waals surface area contributed by atoms with Crippen LogP contribution in [0, 0.1) is 11.8 Å². The topological polar surface area (TPSA) is 80.8 Å². The number of ether oxygens (including phenoxy) is 1. The van der Waals surface area contributed by atoms with E-state index in [9.17, 15) is 16.8 Å². The van der Waals surface area contributed by atoms with E-state index >= 15 is 0 Å². The maximum Gasteiger partial charge on any atom is 0.211 e. The number of nitrogens with zero attached hydrogens (tertiary/aromatic N) is 1. The number of sulfone groups is 1. The lowest BCUT2D eigenvalue weighted by molar-refractivity contribution is 0.309. The Hall–Kier alpha value is -1.12. The SMILES string of the molecule is CCCCOc1ccc(S(=O)(=O)C2CN(S(C)(=O)=O)C[C@H]2C(C)C)cc1. The van der Waals surface area contributed by atoms with Crippen molar-refractivity contribution in [2.24, 2.45) is 11.8 Å². The van der Waals surface area contributed by atoms with Crippen molar-refractivity contribution in [3.05, 3.63) is 24.3 Å². The summed E-state index contributed by atoms with van der Waals surface area (Å²) in [6.07, 6.45) is 3.10. The smallest absolute Gasteiger partial charge is 0.211 e. The number of unbranched alkanes of at least 4 members (excludes halogenated alkanes) is 1. The predicted octanol–water partition coefficient (Wildman–Crippen LogP) is 2.56. The van der Waals surface area contributed by atoms with Gasteiger partial charge >= 0.3 is 0 Å². The zero-order valence-corrected chi connectivity index (χ0v) is 17.5. The number of hydrogen-bond acceptors (Lipinski definition) is 5. The minimum Gasteiger partial charge on any atom is -0.494 e. The number of hydrogen-bond donors (Lipinski definition) is 0. The summed E-state index contributed by atoms with van der Waals surface area (Å²) in [7, 11) is -7.04. The second-order valence-electron chi connectivity index (χ2n) is 7.24. The van der Waals surface area contributed by atoms with Gasteiger partial charge in [0.05, 0.1) is 23.0 Å². The monoisotopic (exact) mass is 403 g/mol. The van der Waals surface area contributed by atoms with E-state index in [4.69, 9.17) is 4.74 Å². The molecule has 0 aromatic heterocycles. The molecule has 0 aliphatic carbocycles. The summed E-state index contributed by atoms with van der Waals surface area (Å²) in [5.41, 5.74) is 0. The van der Waals surface area contributed by atoms with Gasteiger partial charge in [0.25, 0.3) is 0 Å². The van der Waals surface area contributed by atoms with Crippen molar-refractivity contribution in [1.82, 2.24) is 4.31 Å². The van der Waals surface area contributed by atoms with Crippen molar-refractivity contribution in [1.29, 1.82) is 0 Å². The lowest BCUT2D eigenvalue weighted by Crippen LogP contribution is -2.33. The Balaban J connectivity index is 2.24. The van der Waals surface area contributed by atoms with Gasteiger partial charge in [-0.25, -0.2) is 21.1 Å². The molecule has 1 fully saturated rings. The van der Waals surface area contributed by atoms with Gasteiger partial charge < -0.3 is 4.74 Å². The molecular weight excluding hydrogens is 374 g/mol. The van der Waals surface area contributed by atoms with Gasteiger partial charge in [-0.1, -0.05) is 27.2 Å². The van der Waals surface area contributed by atoms with Gasteiger partial charge in [-0.3, -0.25) is 0 Å². The van der Waals surface area contributed by atoms with E-state index in [1.54, 1.807) is 24.3 Å². The molecule has 2 rings (SSSR count). The van der Waals surface area contributed by atoms with Crippen LogP contribution in [0.25, 0.3) is 0 Å². The third-order valence-corrected chi connectivity index (χ3v) is 8.38. The van der Waals surface area contributed by atoms with E-state index in [0.29, 0.717) is 12.4 Å². The van der Waals surface area contributed by atoms with Gasteiger partial charge in [-0.15, -0.1) is 0 Å². The number of rotatable bonds is 8. The molecule has 0 amide bonds. The summed E-state index contributed by atoms with van der Waals surface area (Å²) >= 11 is 0. The van der Waals surface area contributed by atoms with Crippen LogP contribution in [0.15, 0.2) is 29.2 Å². The normalized spacial score (nSPS) is 22.0. The summed E-state index contributed by atoms with van der Waals surface area (Å²) in [6.45, 7) is 6.81. The van der Waals surface area contributed by atoms with Gasteiger partial charge in [0.2, 0.25) is 10.0 Å². The molecular formula is C18H29NO5S2. The van der Waals surface area contributed by atoms with E-state index in [-0.39, 0.29) is 29.8 Å². The van der Waals surface area contributed by atoms with Crippen LogP contribution in [0.2, 0.25) is 0 Å². The molecule has 26 heavy (non-hydrogen) atoms. The first-order valence-electron chi connectivity index (χ1n) is 8.99. The van der Waals surface area contributed by atoms with Crippen LogP contribution < -0.4 is 4.74 Å². The molecule has 6 nitrogen and oxygen atoms in total. The molecule has 1 aromatic carbocycles. The van der Waals surface area contributed by atoms with Crippen LogP contribution in [-0.4, -0.2) is 52.3 Å². The molecule has 0 bridgehead atoms. The molecule has 0 spiro atoms. The molecule has 0 saturated carbocycles. The predicted molar refractivity (Wildman–Crippen MR) is 103 cm³/mol. The Morgan fingerprint density at radius 1 is 1.12 bits per heavy atom. The van der Waals surface area contributed by atoms with E-state index < -0.39 is 25.1 Å². The van der Waals surface area contributed by atoms with Crippen molar-refractivity contribution >= 4 is 19.9 Å². The summed E-state index contributed by atoms with van der Waals surface area (Å²) in [6, 6.07) is 6.43. The average Bonchev–Trinajstić information content (AvgIpc) is 3.02. The quantitative estimate of drug-likeness (QED) is 0.623. The Kier molecular flexibility index (Phi) is 6.74. The maximum atomic E-state index is 13.1. The van der Waals surface area contributed by atoms with Crippen LogP contribution in [0.5, 0.6) is 5.75 Å². The van der Waals surface area contributed by atoms with Crippen molar-refractivity contribution in [3.8, 4) is 5.75 Å². The molecule has 1 unspecified atom stereocenters. The van der Waals surface area contributed by atoms with E-state index in [1.165, 1.54) is 4.31 Å². The zero-order valence-electron chi connectivity index (χ0n) is 15.9. The van der Waals surface area contributed by atoms with E-state index in [1.807, 2.05) is 13.8 Å². The summed E-state index contributed by atoms with van der Waals surface area (Å²) in [4.78, 5) is 0.214. The minimum atomic E-state index is -3.63. The molecule has 1 aliphatic rings. The van der Waals surface area contributed by atoms with Gasteiger partial charge in [0, 0.05) is 13.1 Å². The number of benzene rings is 1. The molecule has 1 aliphatic heterocycles. The van der Waals surface area contributed by atoms with Crippen molar-refractivity contribution in [3.63, 3.8) is 0 Å². The van der Waals surface area contributed by atoms with E-state index in [2.05, 4.69) is 6.92 Å². The van der Waals surface area contributed by atoms with Crippen LogP contribution in [0.3, 0.4) is 0 Å². The molecule has 0 N–H and O–H groups in total. The lowest BCUT2D eigenvalue weighted by Gasteiger charge is -2.22. The zero-order chi connectivity index (χ0) is 19.5. The fourth-order valence-electron chi connectivity index (χ4n) is 3.24. The highest BCUT2D eigenvalue weighted by Crippen LogP contribution is 2.34. The van der Waals surface area contributed by atoms with Crippen LogP contribution >= 0.6 is 0 Å². The van der Waals surface area contributed by atoms with Crippen molar-refractivity contribution < 1.29 is 21.6 Å². The number of sulfonamides is 1. The van der Waals surface area contributed by atoms with Gasteiger partial charge in [-0.05, 0) is 42.5 Å². The molecule has 2 atom stereocenters. The van der Waals surface area contributed by atoms with Crippen molar-refractivity contribution in [2.75, 3.05) is 26.0 Å². The summed E-state index contributed by atoms with van der Waals surface area (Å²) < 4.78 is 56.9. The molecule has 0 radical (unpaired) electrons. The fourth-order valence-corrected chi connectivity index (χ4v) is 6.31. The third-order valence-electron chi connectivity index (χ3n) is 4.92. The second-order valence-corrected chi connectivity index (χ2v) is 11.4. The van der Waals surface area contributed by atoms with Gasteiger partial charge in [0.15, 0.2) is 9.84 Å². The van der Waals surface area contributed by atoms with Crippen LogP contribution in [0.1, 0.15) is 33.6 Å². The Bertz CT molecular complexity index is 800. The second kappa shape index (κ2) is 8.27. The molecule has 1 aromatic rings. The third kappa shape index (κ3) is 4.78. The molecule has 1 saturated heterocycles. The largest absolute Gasteiger partial charge is 0.494 e. The van der Waals surface area contributed by atoms with Crippen LogP contribution in [-0.2, 0) is 19.9 Å². The fraction of sp³-hybridized carbons (Fsp3) is 0.667. The Morgan fingerprint density at radius 3 is 2.23 bits per heavy atom. The van der Waals surface area contributed by atoms with Gasteiger partial charge in [0.1, 0.15) is 5.75 Å². The van der Waals surface area contributed by atoms with E-state index in [0.717, 1.165) is 19.1 Å². The Morgan fingerprint density at radius 2 is 1.73 bits per heavy atom. The minimum absolute atomic E-state index is 0.0127. The van der Waals surface area contributed by atoms with Gasteiger partial charge in [-0.2, -0.15) is 0 Å². The highest BCUT2D eigenvalue weighted by atomic mass is 32.2. The lowest BCUT2D eigenvalue weighted by atomic mass is 9.95. The molecule has 148 valence electrons. The average molecular weight is 404 g/mol. The first-order valence-corrected chi connectivity index (χ1v) is 12.4. The van der Waals surface area contributed by atoms with Crippen LogP contribution in [0.4, 0.5) is 0 Å². The first kappa shape index (κ1) is 21.2. The highest BCUT2D eigenvalue weighted by Gasteiger charge is 2.45. The highest BCUT2D eigenvalue weighted by molar-refractivity contribution is 7.92. The summed E-state index contributed by atoms with van der Waals surface area (Å²) in [5.74, 6) is 0.482. The molecule has 1 heterocycles. The molecule has 8 heteroatoms. The standard InChI is InChI=1S/C18H29NO5S2/c1-5-6-11-24-15-7-9-16(10-8-15)26(22,23)18-13-19(25(4,20)21)12-17(18)14(2)3/h7-10,14,17-18H,5-6,11-13H2,1-4H3/t17-,18?/m0/s1. The summed E-state index contributed by atoms with van der Waals surface area (Å²) in [5, 5.41) is -0.732.